The van der Waals surface area contributed by atoms with Crippen LogP contribution >= 0.6 is 0 Å². The second-order valence-electron chi connectivity index (χ2n) is 7.10. The Kier molecular flexibility index (Phi) is 4.59. The van der Waals surface area contributed by atoms with Gasteiger partial charge >= 0.3 is 6.18 Å². The number of hydrogen-bond acceptors (Lipinski definition) is 6. The molecule has 0 atom stereocenters. The summed E-state index contributed by atoms with van der Waals surface area (Å²) in [6, 6.07) is 7.23. The molecule has 3 aromatic rings. The molecule has 1 fully saturated rings. The van der Waals surface area contributed by atoms with Crippen LogP contribution in [0.5, 0.6) is 0 Å². The van der Waals surface area contributed by atoms with Crippen LogP contribution in [-0.4, -0.2) is 42.8 Å². The summed E-state index contributed by atoms with van der Waals surface area (Å²) in [5.41, 5.74) is 0.531. The second kappa shape index (κ2) is 6.98. The topological polar surface area (TPSA) is 81.7 Å². The first-order chi connectivity index (χ1) is 13.7. The van der Waals surface area contributed by atoms with Crippen LogP contribution in [-0.2, 0) is 12.7 Å². The van der Waals surface area contributed by atoms with E-state index in [1.807, 2.05) is 24.8 Å². The lowest BCUT2D eigenvalue weighted by molar-refractivity contribution is -0.141. The third kappa shape index (κ3) is 3.84. The maximum absolute atomic E-state index is 12.6. The van der Waals surface area contributed by atoms with Gasteiger partial charge in [0.25, 0.3) is 5.56 Å². The van der Waals surface area contributed by atoms with Gasteiger partial charge < -0.3 is 4.90 Å². The van der Waals surface area contributed by atoms with Crippen molar-refractivity contribution in [3.8, 4) is 5.82 Å². The summed E-state index contributed by atoms with van der Waals surface area (Å²) in [5.74, 6) is 1.06. The highest BCUT2D eigenvalue weighted by Crippen LogP contribution is 2.29. The molecule has 0 amide bonds. The Morgan fingerprint density at radius 3 is 2.34 bits per heavy atom. The Balaban J connectivity index is 1.43. The highest BCUT2D eigenvalue weighted by Gasteiger charge is 2.34. The van der Waals surface area contributed by atoms with Crippen molar-refractivity contribution in [2.75, 3.05) is 18.0 Å². The fraction of sp³-hybridized carbons (Fsp3) is 0.389. The van der Waals surface area contributed by atoms with Crippen LogP contribution in [0.2, 0.25) is 0 Å². The standard InChI is InChI=1S/C18H18F3N7O/c1-11-7-12(2)28(24-11)16-5-6-17(29)27(25-16)10-13-8-26(9-13)15-4-3-14(22-23-15)18(19,20)21/h3-7,13H,8-10H2,1-2H3. The first-order valence-corrected chi connectivity index (χ1v) is 8.98. The molecule has 1 aliphatic heterocycles. The van der Waals surface area contributed by atoms with Crippen molar-refractivity contribution >= 4 is 5.82 Å². The first-order valence-electron chi connectivity index (χ1n) is 8.98. The van der Waals surface area contributed by atoms with Gasteiger partial charge in [-0.05, 0) is 38.1 Å². The Morgan fingerprint density at radius 2 is 1.76 bits per heavy atom. The minimum Gasteiger partial charge on any atom is -0.354 e. The zero-order chi connectivity index (χ0) is 20.8. The number of aryl methyl sites for hydroxylation is 2. The van der Waals surface area contributed by atoms with E-state index < -0.39 is 11.9 Å². The first kappa shape index (κ1) is 19.1. The van der Waals surface area contributed by atoms with Crippen molar-refractivity contribution in [2.24, 2.45) is 5.92 Å². The smallest absolute Gasteiger partial charge is 0.354 e. The number of alkyl halides is 3. The van der Waals surface area contributed by atoms with Crippen molar-refractivity contribution in [3.05, 3.63) is 57.8 Å². The van der Waals surface area contributed by atoms with Crippen LogP contribution in [0.25, 0.3) is 5.82 Å². The van der Waals surface area contributed by atoms with E-state index in [1.54, 1.807) is 10.7 Å². The summed E-state index contributed by atoms with van der Waals surface area (Å²) in [5, 5.41) is 15.7. The molecule has 4 heterocycles. The molecule has 0 aliphatic carbocycles. The van der Waals surface area contributed by atoms with Crippen LogP contribution in [0.4, 0.5) is 19.0 Å². The van der Waals surface area contributed by atoms with Gasteiger partial charge in [0.1, 0.15) is 0 Å². The maximum Gasteiger partial charge on any atom is 0.435 e. The normalized spacial score (nSPS) is 14.9. The molecule has 0 radical (unpaired) electrons. The van der Waals surface area contributed by atoms with Crippen molar-refractivity contribution in [2.45, 2.75) is 26.6 Å². The van der Waals surface area contributed by atoms with Crippen LogP contribution in [0.15, 0.2) is 35.1 Å². The molecule has 0 spiro atoms. The van der Waals surface area contributed by atoms with Crippen molar-refractivity contribution < 1.29 is 13.2 Å². The average Bonchev–Trinajstić information content (AvgIpc) is 2.97. The van der Waals surface area contributed by atoms with E-state index in [4.69, 9.17) is 0 Å². The monoisotopic (exact) mass is 405 g/mol. The van der Waals surface area contributed by atoms with E-state index in [-0.39, 0.29) is 11.5 Å². The number of anilines is 1. The van der Waals surface area contributed by atoms with E-state index in [0.717, 1.165) is 17.5 Å². The minimum absolute atomic E-state index is 0.125. The largest absolute Gasteiger partial charge is 0.435 e. The lowest BCUT2D eigenvalue weighted by Gasteiger charge is -2.39. The van der Waals surface area contributed by atoms with E-state index >= 15 is 0 Å². The fourth-order valence-corrected chi connectivity index (χ4v) is 3.30. The van der Waals surface area contributed by atoms with E-state index in [9.17, 15) is 18.0 Å². The molecule has 1 saturated heterocycles. The van der Waals surface area contributed by atoms with Gasteiger partial charge in [-0.2, -0.15) is 18.3 Å². The van der Waals surface area contributed by atoms with Gasteiger partial charge in [0, 0.05) is 30.8 Å². The van der Waals surface area contributed by atoms with Crippen LogP contribution < -0.4 is 10.5 Å². The molecule has 8 nitrogen and oxygen atoms in total. The molecule has 1 aliphatic rings. The predicted octanol–water partition coefficient (Wildman–Crippen LogP) is 1.99. The number of nitrogens with zero attached hydrogens (tertiary/aromatic N) is 7. The number of hydrogen-bond donors (Lipinski definition) is 0. The molecule has 29 heavy (non-hydrogen) atoms. The van der Waals surface area contributed by atoms with E-state index in [0.29, 0.717) is 31.3 Å². The minimum atomic E-state index is -4.51. The molecular formula is C18H18F3N7O. The summed E-state index contributed by atoms with van der Waals surface area (Å²) < 4.78 is 40.8. The van der Waals surface area contributed by atoms with E-state index in [2.05, 4.69) is 20.4 Å². The molecule has 0 bridgehead atoms. The van der Waals surface area contributed by atoms with Gasteiger partial charge in [-0.25, -0.2) is 9.36 Å². The summed E-state index contributed by atoms with van der Waals surface area (Å²) in [6.45, 7) is 5.30. The molecule has 3 aromatic heterocycles. The molecule has 0 N–H and O–H groups in total. The highest BCUT2D eigenvalue weighted by molar-refractivity contribution is 5.40. The van der Waals surface area contributed by atoms with Crippen LogP contribution in [0, 0.1) is 19.8 Å². The zero-order valence-corrected chi connectivity index (χ0v) is 15.8. The average molecular weight is 405 g/mol. The quantitative estimate of drug-likeness (QED) is 0.660. The van der Waals surface area contributed by atoms with Gasteiger partial charge in [-0.15, -0.1) is 15.3 Å². The number of rotatable bonds is 4. The molecule has 4 rings (SSSR count). The van der Waals surface area contributed by atoms with Gasteiger partial charge in [0.15, 0.2) is 17.3 Å². The summed E-state index contributed by atoms with van der Waals surface area (Å²) in [4.78, 5) is 14.0. The molecule has 0 aromatic carbocycles. The highest BCUT2D eigenvalue weighted by atomic mass is 19.4. The summed E-state index contributed by atoms with van der Waals surface area (Å²) >= 11 is 0. The lowest BCUT2D eigenvalue weighted by atomic mass is 10.0. The fourth-order valence-electron chi connectivity index (χ4n) is 3.30. The van der Waals surface area contributed by atoms with Gasteiger partial charge in [0.05, 0.1) is 12.2 Å². The Hall–Kier alpha value is -3.24. The Labute approximate surface area is 163 Å². The second-order valence-corrected chi connectivity index (χ2v) is 7.10. The van der Waals surface area contributed by atoms with Gasteiger partial charge in [-0.3, -0.25) is 4.79 Å². The third-order valence-corrected chi connectivity index (χ3v) is 4.73. The number of aromatic nitrogens is 6. The molecular weight excluding hydrogens is 387 g/mol. The lowest BCUT2D eigenvalue weighted by Crippen LogP contribution is -2.50. The molecule has 152 valence electrons. The van der Waals surface area contributed by atoms with E-state index in [1.165, 1.54) is 16.8 Å². The molecule has 0 saturated carbocycles. The van der Waals surface area contributed by atoms with Crippen LogP contribution in [0.1, 0.15) is 17.1 Å². The Morgan fingerprint density at radius 1 is 1.03 bits per heavy atom. The van der Waals surface area contributed by atoms with Gasteiger partial charge in [0.2, 0.25) is 0 Å². The van der Waals surface area contributed by atoms with Crippen molar-refractivity contribution in [3.63, 3.8) is 0 Å². The maximum atomic E-state index is 12.6. The SMILES string of the molecule is Cc1cc(C)n(-c2ccc(=O)n(CC3CN(c4ccc(C(F)(F)F)nn4)C3)n2)n1. The van der Waals surface area contributed by atoms with Crippen LogP contribution in [0.3, 0.4) is 0 Å². The summed E-state index contributed by atoms with van der Waals surface area (Å²) in [7, 11) is 0. The van der Waals surface area contributed by atoms with Crippen molar-refractivity contribution in [1.29, 1.82) is 0 Å². The zero-order valence-electron chi connectivity index (χ0n) is 15.8. The predicted molar refractivity (Wildman–Crippen MR) is 97.8 cm³/mol. The summed E-state index contributed by atoms with van der Waals surface area (Å²) in [6.07, 6.45) is -4.51. The van der Waals surface area contributed by atoms with Gasteiger partial charge in [-0.1, -0.05) is 0 Å². The molecule has 11 heteroatoms. The third-order valence-electron chi connectivity index (χ3n) is 4.73. The number of halogens is 3. The Bertz CT molecular complexity index is 1080. The van der Waals surface area contributed by atoms with Crippen molar-refractivity contribution in [1.82, 2.24) is 29.8 Å². The molecule has 0 unspecified atom stereocenters.